The molecule has 3 rings (SSSR count). The average Bonchev–Trinajstić information content (AvgIpc) is 2.51. The van der Waals surface area contributed by atoms with Crippen LogP contribution in [0.15, 0.2) is 41.7 Å². The lowest BCUT2D eigenvalue weighted by molar-refractivity contribution is 0.621. The molecule has 0 saturated heterocycles. The minimum absolute atomic E-state index is 0.254. The minimum Gasteiger partial charge on any atom is -0.357 e. The predicted molar refractivity (Wildman–Crippen MR) is 93.4 cm³/mol. The summed E-state index contributed by atoms with van der Waals surface area (Å²) < 4.78 is 0. The summed E-state index contributed by atoms with van der Waals surface area (Å²) in [6.45, 7) is 8.73. The van der Waals surface area contributed by atoms with Gasteiger partial charge in [-0.3, -0.25) is 9.98 Å². The van der Waals surface area contributed by atoms with Crippen molar-refractivity contribution in [3.8, 4) is 0 Å². The zero-order valence-corrected chi connectivity index (χ0v) is 14.0. The average molecular weight is 293 g/mol. The van der Waals surface area contributed by atoms with Crippen molar-refractivity contribution in [1.82, 2.24) is 4.98 Å². The molecule has 1 aromatic heterocycles. The Labute approximate surface area is 132 Å². The number of nitrogens with zero attached hydrogens (tertiary/aromatic N) is 3. The molecule has 0 radical (unpaired) electrons. The molecule has 3 heteroatoms. The van der Waals surface area contributed by atoms with Gasteiger partial charge in [-0.25, -0.2) is 0 Å². The van der Waals surface area contributed by atoms with Crippen molar-refractivity contribution in [3.63, 3.8) is 0 Å². The molecule has 114 valence electrons. The van der Waals surface area contributed by atoms with Crippen LogP contribution in [0.1, 0.15) is 43.4 Å². The van der Waals surface area contributed by atoms with Crippen molar-refractivity contribution in [2.24, 2.45) is 4.99 Å². The molecule has 22 heavy (non-hydrogen) atoms. The number of fused-ring (bicyclic) bond motifs is 1. The molecule has 0 bridgehead atoms. The molecule has 1 aliphatic heterocycles. The van der Waals surface area contributed by atoms with Gasteiger partial charge in [-0.2, -0.15) is 0 Å². The summed E-state index contributed by atoms with van der Waals surface area (Å²) in [4.78, 5) is 11.6. The van der Waals surface area contributed by atoms with Crippen molar-refractivity contribution in [2.75, 3.05) is 11.9 Å². The van der Waals surface area contributed by atoms with Gasteiger partial charge >= 0.3 is 0 Å². The molecule has 1 aromatic carbocycles. The zero-order chi connectivity index (χ0) is 15.9. The fraction of sp³-hybridized carbons (Fsp3) is 0.368. The summed E-state index contributed by atoms with van der Waals surface area (Å²) >= 11 is 0. The number of hydrogen-bond donors (Lipinski definition) is 0. The van der Waals surface area contributed by atoms with Gasteiger partial charge in [0.2, 0.25) is 0 Å². The molecular weight excluding hydrogens is 270 g/mol. The highest BCUT2D eigenvalue weighted by Crippen LogP contribution is 2.43. The number of aromatic nitrogens is 1. The Morgan fingerprint density at radius 2 is 1.86 bits per heavy atom. The summed E-state index contributed by atoms with van der Waals surface area (Å²) in [6, 6.07) is 8.51. The third kappa shape index (κ3) is 2.12. The molecule has 1 atom stereocenters. The van der Waals surface area contributed by atoms with Gasteiger partial charge in [0, 0.05) is 25.0 Å². The van der Waals surface area contributed by atoms with Crippen molar-refractivity contribution < 1.29 is 0 Å². The van der Waals surface area contributed by atoms with Crippen LogP contribution in [0.3, 0.4) is 0 Å². The highest BCUT2D eigenvalue weighted by Gasteiger charge is 2.35. The van der Waals surface area contributed by atoms with E-state index in [1.165, 1.54) is 16.7 Å². The Bertz CT molecular complexity index is 733. The zero-order valence-electron chi connectivity index (χ0n) is 14.0. The van der Waals surface area contributed by atoms with Crippen LogP contribution in [0.25, 0.3) is 0 Å². The van der Waals surface area contributed by atoms with E-state index in [-0.39, 0.29) is 5.54 Å². The van der Waals surface area contributed by atoms with E-state index in [0.29, 0.717) is 5.92 Å². The molecule has 2 heterocycles. The van der Waals surface area contributed by atoms with Gasteiger partial charge in [0.15, 0.2) is 0 Å². The van der Waals surface area contributed by atoms with E-state index in [1.54, 1.807) is 0 Å². The maximum absolute atomic E-state index is 4.83. The summed E-state index contributed by atoms with van der Waals surface area (Å²) in [5.41, 5.74) is 5.65. The smallest absolute Gasteiger partial charge is 0.0980 e. The lowest BCUT2D eigenvalue weighted by atomic mass is 9.86. The number of rotatable bonds is 2. The Hall–Kier alpha value is -2.16. The molecular formula is C19H23N3. The lowest BCUT2D eigenvalue weighted by Crippen LogP contribution is -2.45. The first-order chi connectivity index (χ1) is 10.4. The number of hydrogen-bond acceptors (Lipinski definition) is 3. The van der Waals surface area contributed by atoms with E-state index in [1.807, 2.05) is 12.4 Å². The molecule has 0 amide bonds. The van der Waals surface area contributed by atoms with Gasteiger partial charge in [-0.05, 0) is 30.9 Å². The van der Waals surface area contributed by atoms with E-state index in [9.17, 15) is 0 Å². The number of pyridine rings is 1. The molecule has 1 aliphatic rings. The van der Waals surface area contributed by atoms with E-state index in [4.69, 9.17) is 4.99 Å². The van der Waals surface area contributed by atoms with Gasteiger partial charge in [0.1, 0.15) is 0 Å². The van der Waals surface area contributed by atoms with Crippen molar-refractivity contribution in [1.29, 1.82) is 0 Å². The first kappa shape index (κ1) is 14.8. The van der Waals surface area contributed by atoms with Gasteiger partial charge in [0.25, 0.3) is 0 Å². The van der Waals surface area contributed by atoms with Crippen molar-refractivity contribution >= 4 is 17.6 Å². The summed E-state index contributed by atoms with van der Waals surface area (Å²) in [6.07, 6.45) is 5.93. The third-order valence-electron chi connectivity index (χ3n) is 4.74. The number of aryl methyl sites for hydroxylation is 1. The van der Waals surface area contributed by atoms with E-state index < -0.39 is 0 Å². The Morgan fingerprint density at radius 1 is 1.14 bits per heavy atom. The monoisotopic (exact) mass is 293 g/mol. The second-order valence-electron chi connectivity index (χ2n) is 6.53. The van der Waals surface area contributed by atoms with Gasteiger partial charge < -0.3 is 4.90 Å². The summed E-state index contributed by atoms with van der Waals surface area (Å²) in [5.74, 6) is 0.413. The van der Waals surface area contributed by atoms with Crippen LogP contribution in [0.4, 0.5) is 11.4 Å². The fourth-order valence-electron chi connectivity index (χ4n) is 3.19. The standard InChI is InChI=1S/C19H23N3/c1-13(2)15-10-20-11-17-18(15)21-12-19(4,22(17)5)16-9-7-6-8-14(16)3/h6-13H,1-5H3. The quantitative estimate of drug-likeness (QED) is 0.810. The largest absolute Gasteiger partial charge is 0.357 e. The SMILES string of the molecule is Cc1ccccc1C1(C)C=Nc2c(C(C)C)cncc2N1C. The van der Waals surface area contributed by atoms with Gasteiger partial charge in [0.05, 0.1) is 23.1 Å². The summed E-state index contributed by atoms with van der Waals surface area (Å²) in [5, 5.41) is 0. The minimum atomic E-state index is -0.254. The molecule has 0 fully saturated rings. The molecule has 1 unspecified atom stereocenters. The Morgan fingerprint density at radius 3 is 2.55 bits per heavy atom. The van der Waals surface area contributed by atoms with Crippen LogP contribution in [0.5, 0.6) is 0 Å². The van der Waals surface area contributed by atoms with Crippen LogP contribution in [-0.2, 0) is 5.54 Å². The van der Waals surface area contributed by atoms with E-state index in [2.05, 4.69) is 75.1 Å². The van der Waals surface area contributed by atoms with Crippen LogP contribution in [0, 0.1) is 6.92 Å². The van der Waals surface area contributed by atoms with E-state index >= 15 is 0 Å². The number of anilines is 1. The predicted octanol–water partition coefficient (Wildman–Crippen LogP) is 4.58. The Balaban J connectivity index is 2.16. The number of aliphatic imine (C=N–C) groups is 1. The van der Waals surface area contributed by atoms with Crippen LogP contribution in [-0.4, -0.2) is 18.2 Å². The molecule has 2 aromatic rings. The highest BCUT2D eigenvalue weighted by atomic mass is 15.2. The lowest BCUT2D eigenvalue weighted by Gasteiger charge is -2.42. The van der Waals surface area contributed by atoms with Gasteiger partial charge in [-0.1, -0.05) is 38.1 Å². The number of benzene rings is 1. The second-order valence-corrected chi connectivity index (χ2v) is 6.53. The van der Waals surface area contributed by atoms with Crippen molar-refractivity contribution in [2.45, 2.75) is 39.2 Å². The van der Waals surface area contributed by atoms with Crippen LogP contribution >= 0.6 is 0 Å². The van der Waals surface area contributed by atoms with Crippen molar-refractivity contribution in [3.05, 3.63) is 53.3 Å². The maximum atomic E-state index is 4.83. The molecule has 0 saturated carbocycles. The Kier molecular flexibility index (Phi) is 3.51. The van der Waals surface area contributed by atoms with Crippen LogP contribution in [0.2, 0.25) is 0 Å². The topological polar surface area (TPSA) is 28.5 Å². The fourth-order valence-corrected chi connectivity index (χ4v) is 3.19. The molecule has 0 spiro atoms. The normalized spacial score (nSPS) is 20.4. The first-order valence-electron chi connectivity index (χ1n) is 7.78. The molecule has 0 aliphatic carbocycles. The van der Waals surface area contributed by atoms with Gasteiger partial charge in [-0.15, -0.1) is 0 Å². The highest BCUT2D eigenvalue weighted by molar-refractivity contribution is 5.89. The summed E-state index contributed by atoms with van der Waals surface area (Å²) in [7, 11) is 2.13. The first-order valence-corrected chi connectivity index (χ1v) is 7.78. The molecule has 0 N–H and O–H groups in total. The molecule has 3 nitrogen and oxygen atoms in total. The third-order valence-corrected chi connectivity index (χ3v) is 4.74. The second kappa shape index (κ2) is 5.24. The maximum Gasteiger partial charge on any atom is 0.0980 e. The van der Waals surface area contributed by atoms with E-state index in [0.717, 1.165) is 11.4 Å². The van der Waals surface area contributed by atoms with Crippen LogP contribution < -0.4 is 4.90 Å².